The predicted molar refractivity (Wildman–Crippen MR) is 92.7 cm³/mol. The van der Waals surface area contributed by atoms with E-state index < -0.39 is 17.5 Å². The van der Waals surface area contributed by atoms with Crippen LogP contribution >= 0.6 is 11.3 Å². The van der Waals surface area contributed by atoms with Crippen molar-refractivity contribution >= 4 is 34.3 Å². The van der Waals surface area contributed by atoms with Crippen LogP contribution in [0.25, 0.3) is 0 Å². The fourth-order valence-electron chi connectivity index (χ4n) is 2.19. The molecule has 0 radical (unpaired) electrons. The number of hydrogen-bond donors (Lipinski definition) is 2. The molecule has 0 saturated carbocycles. The number of rotatable bonds is 5. The molecule has 1 amide bonds. The first-order valence-electron chi connectivity index (χ1n) is 7.36. The van der Waals surface area contributed by atoms with E-state index in [1.807, 2.05) is 17.5 Å². The van der Waals surface area contributed by atoms with Crippen LogP contribution in [0.5, 0.6) is 0 Å². The summed E-state index contributed by atoms with van der Waals surface area (Å²) in [5.74, 6) is -4.20. The SMILES string of the molecule is O=C(Cc1cccs1)Nc1ccc(Nc2ccc(F)c(F)c2F)cc1. The second-order valence-electron chi connectivity index (χ2n) is 5.23. The molecule has 0 spiro atoms. The largest absolute Gasteiger partial charge is 0.353 e. The molecular weight excluding hydrogens is 349 g/mol. The van der Waals surface area contributed by atoms with Gasteiger partial charge in [-0.2, -0.15) is 0 Å². The van der Waals surface area contributed by atoms with Crippen LogP contribution in [-0.4, -0.2) is 5.91 Å². The van der Waals surface area contributed by atoms with Crippen molar-refractivity contribution in [3.63, 3.8) is 0 Å². The number of carbonyl (C=O) groups is 1. The summed E-state index contributed by atoms with van der Waals surface area (Å²) >= 11 is 1.51. The van der Waals surface area contributed by atoms with E-state index in [2.05, 4.69) is 10.6 Å². The van der Waals surface area contributed by atoms with Crippen molar-refractivity contribution in [2.24, 2.45) is 0 Å². The van der Waals surface area contributed by atoms with Crippen molar-refractivity contribution in [2.75, 3.05) is 10.6 Å². The van der Waals surface area contributed by atoms with E-state index >= 15 is 0 Å². The van der Waals surface area contributed by atoms with Gasteiger partial charge in [-0.25, -0.2) is 13.2 Å². The van der Waals surface area contributed by atoms with Gasteiger partial charge in [0.15, 0.2) is 17.5 Å². The predicted octanol–water partition coefficient (Wildman–Crippen LogP) is 5.09. The number of thiophene rings is 1. The molecule has 0 bridgehead atoms. The lowest BCUT2D eigenvalue weighted by Gasteiger charge is -2.10. The third kappa shape index (κ3) is 4.19. The molecule has 0 atom stereocenters. The van der Waals surface area contributed by atoms with Crippen LogP contribution in [0.2, 0.25) is 0 Å². The Morgan fingerprint density at radius 1 is 0.920 bits per heavy atom. The van der Waals surface area contributed by atoms with Gasteiger partial charge in [-0.05, 0) is 47.8 Å². The summed E-state index contributed by atoms with van der Waals surface area (Å²) in [5, 5.41) is 7.32. The fourth-order valence-corrected chi connectivity index (χ4v) is 2.89. The maximum absolute atomic E-state index is 13.6. The lowest BCUT2D eigenvalue weighted by atomic mass is 10.2. The molecule has 0 aliphatic heterocycles. The summed E-state index contributed by atoms with van der Waals surface area (Å²) in [5.41, 5.74) is 0.882. The van der Waals surface area contributed by atoms with Gasteiger partial charge in [-0.15, -0.1) is 11.3 Å². The molecule has 3 aromatic rings. The number of anilines is 3. The van der Waals surface area contributed by atoms with E-state index in [-0.39, 0.29) is 18.0 Å². The van der Waals surface area contributed by atoms with Crippen LogP contribution in [-0.2, 0) is 11.2 Å². The van der Waals surface area contributed by atoms with E-state index in [0.29, 0.717) is 11.4 Å². The molecule has 1 aromatic heterocycles. The lowest BCUT2D eigenvalue weighted by Crippen LogP contribution is -2.13. The van der Waals surface area contributed by atoms with Gasteiger partial charge in [-0.3, -0.25) is 4.79 Å². The first-order chi connectivity index (χ1) is 12.0. The Balaban J connectivity index is 1.64. The minimum absolute atomic E-state index is 0.144. The van der Waals surface area contributed by atoms with Gasteiger partial charge in [0.1, 0.15) is 0 Å². The van der Waals surface area contributed by atoms with Crippen molar-refractivity contribution in [1.82, 2.24) is 0 Å². The molecule has 1 heterocycles. The summed E-state index contributed by atoms with van der Waals surface area (Å²) in [6.07, 6.45) is 0.289. The Bertz CT molecular complexity index is 880. The van der Waals surface area contributed by atoms with E-state index in [4.69, 9.17) is 0 Å². The van der Waals surface area contributed by atoms with E-state index in [1.54, 1.807) is 24.3 Å². The Morgan fingerprint density at radius 3 is 2.32 bits per heavy atom. The van der Waals surface area contributed by atoms with E-state index in [9.17, 15) is 18.0 Å². The minimum atomic E-state index is -1.53. The first kappa shape index (κ1) is 17.0. The van der Waals surface area contributed by atoms with Crippen LogP contribution in [0.4, 0.5) is 30.2 Å². The standard InChI is InChI=1S/C18H13F3N2OS/c19-14-7-8-15(18(21)17(14)20)22-11-3-5-12(6-4-11)23-16(24)10-13-2-1-9-25-13/h1-9,22H,10H2,(H,23,24). The second kappa shape index (κ2) is 7.40. The van der Waals surface area contributed by atoms with Crippen LogP contribution in [0.15, 0.2) is 53.9 Å². The number of hydrogen-bond acceptors (Lipinski definition) is 3. The molecular formula is C18H13F3N2OS. The fraction of sp³-hybridized carbons (Fsp3) is 0.0556. The summed E-state index contributed by atoms with van der Waals surface area (Å²) in [6, 6.07) is 12.2. The van der Waals surface area contributed by atoms with Crippen molar-refractivity contribution < 1.29 is 18.0 Å². The number of carbonyl (C=O) groups excluding carboxylic acids is 1. The van der Waals surface area contributed by atoms with Gasteiger partial charge in [-0.1, -0.05) is 6.07 Å². The molecule has 0 fully saturated rings. The molecule has 0 saturated heterocycles. The summed E-state index contributed by atoms with van der Waals surface area (Å²) in [7, 11) is 0. The van der Waals surface area contributed by atoms with Gasteiger partial charge < -0.3 is 10.6 Å². The highest BCUT2D eigenvalue weighted by molar-refractivity contribution is 7.10. The molecule has 2 N–H and O–H groups in total. The number of benzene rings is 2. The average Bonchev–Trinajstić information content (AvgIpc) is 3.10. The van der Waals surface area contributed by atoms with Crippen molar-refractivity contribution in [1.29, 1.82) is 0 Å². The van der Waals surface area contributed by atoms with E-state index in [1.165, 1.54) is 11.3 Å². The number of nitrogens with one attached hydrogen (secondary N) is 2. The zero-order chi connectivity index (χ0) is 17.8. The highest BCUT2D eigenvalue weighted by Gasteiger charge is 2.13. The van der Waals surface area contributed by atoms with Gasteiger partial charge in [0.05, 0.1) is 12.1 Å². The molecule has 7 heteroatoms. The Hall–Kier alpha value is -2.80. The number of halogens is 3. The van der Waals surface area contributed by atoms with Crippen LogP contribution in [0.3, 0.4) is 0 Å². The normalized spacial score (nSPS) is 10.5. The zero-order valence-corrected chi connectivity index (χ0v) is 13.7. The summed E-state index contributed by atoms with van der Waals surface area (Å²) in [4.78, 5) is 12.9. The third-order valence-electron chi connectivity index (χ3n) is 3.40. The van der Waals surface area contributed by atoms with Crippen LogP contribution < -0.4 is 10.6 Å². The van der Waals surface area contributed by atoms with Gasteiger partial charge in [0.2, 0.25) is 5.91 Å². The van der Waals surface area contributed by atoms with Crippen LogP contribution in [0.1, 0.15) is 4.88 Å². The lowest BCUT2D eigenvalue weighted by molar-refractivity contribution is -0.115. The quantitative estimate of drug-likeness (QED) is 0.621. The van der Waals surface area contributed by atoms with Crippen molar-refractivity contribution in [3.8, 4) is 0 Å². The maximum Gasteiger partial charge on any atom is 0.229 e. The second-order valence-corrected chi connectivity index (χ2v) is 6.26. The van der Waals surface area contributed by atoms with E-state index in [0.717, 1.165) is 17.0 Å². The molecule has 0 aliphatic carbocycles. The minimum Gasteiger partial charge on any atom is -0.353 e. The van der Waals surface area contributed by atoms with Crippen molar-refractivity contribution in [2.45, 2.75) is 6.42 Å². The molecule has 3 rings (SSSR count). The maximum atomic E-state index is 13.6. The van der Waals surface area contributed by atoms with Crippen molar-refractivity contribution in [3.05, 3.63) is 76.2 Å². The molecule has 25 heavy (non-hydrogen) atoms. The smallest absolute Gasteiger partial charge is 0.229 e. The Kier molecular flexibility index (Phi) is 5.04. The number of amides is 1. The molecule has 3 nitrogen and oxygen atoms in total. The third-order valence-corrected chi connectivity index (χ3v) is 4.27. The average molecular weight is 362 g/mol. The Labute approximate surface area is 146 Å². The molecule has 128 valence electrons. The van der Waals surface area contributed by atoms with Gasteiger partial charge >= 0.3 is 0 Å². The summed E-state index contributed by atoms with van der Waals surface area (Å²) < 4.78 is 39.8. The van der Waals surface area contributed by atoms with Crippen LogP contribution in [0, 0.1) is 17.5 Å². The topological polar surface area (TPSA) is 41.1 Å². The first-order valence-corrected chi connectivity index (χ1v) is 8.24. The molecule has 2 aromatic carbocycles. The summed E-state index contributed by atoms with van der Waals surface area (Å²) in [6.45, 7) is 0. The monoisotopic (exact) mass is 362 g/mol. The highest BCUT2D eigenvalue weighted by Crippen LogP contribution is 2.24. The highest BCUT2D eigenvalue weighted by atomic mass is 32.1. The van der Waals surface area contributed by atoms with Gasteiger partial charge in [0.25, 0.3) is 0 Å². The molecule has 0 unspecified atom stereocenters. The Morgan fingerprint density at radius 2 is 1.64 bits per heavy atom. The zero-order valence-electron chi connectivity index (χ0n) is 12.9. The van der Waals surface area contributed by atoms with Gasteiger partial charge in [0, 0.05) is 16.3 Å². The molecule has 0 aliphatic rings.